The zero-order valence-electron chi connectivity index (χ0n) is 13.1. The van der Waals surface area contributed by atoms with Gasteiger partial charge in [-0.25, -0.2) is 4.79 Å². The van der Waals surface area contributed by atoms with Crippen LogP contribution in [0.15, 0.2) is 30.3 Å². The molecule has 1 aliphatic rings. The molecule has 1 aromatic rings. The minimum absolute atomic E-state index is 0.341. The van der Waals surface area contributed by atoms with Gasteiger partial charge in [-0.3, -0.25) is 9.69 Å². The van der Waals surface area contributed by atoms with E-state index in [1.807, 2.05) is 44.2 Å². The number of hydrogen-bond acceptors (Lipinski definition) is 4. The number of ether oxygens (including phenoxy) is 2. The van der Waals surface area contributed by atoms with Crippen LogP contribution in [0, 0.1) is 0 Å². The van der Waals surface area contributed by atoms with E-state index in [9.17, 15) is 9.59 Å². The smallest absolute Gasteiger partial charge is 0.324 e. The molecule has 1 fully saturated rings. The van der Waals surface area contributed by atoms with Gasteiger partial charge in [0.25, 0.3) is 5.91 Å². The average molecular weight is 306 g/mol. The zero-order valence-corrected chi connectivity index (χ0v) is 13.1. The summed E-state index contributed by atoms with van der Waals surface area (Å²) in [4.78, 5) is 25.6. The molecule has 6 nitrogen and oxygen atoms in total. The minimum Gasteiger partial charge on any atom is -0.353 e. The molecule has 6 heteroatoms. The van der Waals surface area contributed by atoms with Gasteiger partial charge in [-0.15, -0.1) is 0 Å². The standard InChI is InChI=1S/C16H22N2O4/c1-4-17-16(20)18-13(12-9-7-6-8-10-12)14(15(18)19)22-11(3)21-5-2/h6-11,13-14H,4-5H2,1-3H3,(H,17,20)/t11?,13-,14+/m0/s1. The van der Waals surface area contributed by atoms with Crippen molar-refractivity contribution in [3.8, 4) is 0 Å². The summed E-state index contributed by atoms with van der Waals surface area (Å²) in [6.45, 7) is 6.37. The summed E-state index contributed by atoms with van der Waals surface area (Å²) in [6, 6.07) is 8.57. The lowest BCUT2D eigenvalue weighted by atomic mass is 9.91. The van der Waals surface area contributed by atoms with Crippen molar-refractivity contribution in [1.82, 2.24) is 10.2 Å². The van der Waals surface area contributed by atoms with Crippen LogP contribution < -0.4 is 5.32 Å². The molecule has 0 spiro atoms. The molecule has 120 valence electrons. The van der Waals surface area contributed by atoms with Crippen molar-refractivity contribution in [2.24, 2.45) is 0 Å². The van der Waals surface area contributed by atoms with E-state index in [4.69, 9.17) is 9.47 Å². The first-order chi connectivity index (χ1) is 10.6. The lowest BCUT2D eigenvalue weighted by molar-refractivity contribution is -0.208. The van der Waals surface area contributed by atoms with Gasteiger partial charge in [0.15, 0.2) is 12.4 Å². The molecule has 1 saturated heterocycles. The van der Waals surface area contributed by atoms with Crippen molar-refractivity contribution in [3.63, 3.8) is 0 Å². The van der Waals surface area contributed by atoms with Gasteiger partial charge in [-0.1, -0.05) is 30.3 Å². The van der Waals surface area contributed by atoms with E-state index < -0.39 is 24.5 Å². The predicted octanol–water partition coefficient (Wildman–Crippen LogP) is 2.07. The van der Waals surface area contributed by atoms with Crippen LogP contribution >= 0.6 is 0 Å². The molecule has 0 aliphatic carbocycles. The number of nitrogens with one attached hydrogen (secondary N) is 1. The second kappa shape index (κ2) is 7.38. The highest BCUT2D eigenvalue weighted by atomic mass is 16.7. The molecular weight excluding hydrogens is 284 g/mol. The highest BCUT2D eigenvalue weighted by Gasteiger charge is 2.53. The number of rotatable bonds is 6. The molecule has 0 radical (unpaired) electrons. The molecule has 2 rings (SSSR count). The van der Waals surface area contributed by atoms with Gasteiger partial charge >= 0.3 is 6.03 Å². The number of β-lactam (4-membered cyclic amide) rings is 1. The average Bonchev–Trinajstić information content (AvgIpc) is 2.51. The van der Waals surface area contributed by atoms with Crippen molar-refractivity contribution in [1.29, 1.82) is 0 Å². The van der Waals surface area contributed by atoms with Crippen molar-refractivity contribution in [2.75, 3.05) is 13.2 Å². The molecule has 0 aromatic heterocycles. The molecule has 1 aliphatic heterocycles. The van der Waals surface area contributed by atoms with Crippen LogP contribution in [0.25, 0.3) is 0 Å². The quantitative estimate of drug-likeness (QED) is 0.645. The van der Waals surface area contributed by atoms with E-state index in [1.165, 1.54) is 4.90 Å². The fraction of sp³-hybridized carbons (Fsp3) is 0.500. The zero-order chi connectivity index (χ0) is 16.1. The first kappa shape index (κ1) is 16.5. The van der Waals surface area contributed by atoms with Gasteiger partial charge in [0.2, 0.25) is 0 Å². The Kier molecular flexibility index (Phi) is 5.51. The van der Waals surface area contributed by atoms with Crippen molar-refractivity contribution in [3.05, 3.63) is 35.9 Å². The number of carbonyl (C=O) groups excluding carboxylic acids is 2. The number of benzene rings is 1. The first-order valence-corrected chi connectivity index (χ1v) is 7.53. The second-order valence-electron chi connectivity index (χ2n) is 4.98. The molecule has 0 saturated carbocycles. The Morgan fingerprint density at radius 2 is 2.00 bits per heavy atom. The van der Waals surface area contributed by atoms with Gasteiger partial charge in [-0.2, -0.15) is 0 Å². The summed E-state index contributed by atoms with van der Waals surface area (Å²) in [5, 5.41) is 2.66. The Morgan fingerprint density at radius 3 is 2.59 bits per heavy atom. The SMILES string of the molecule is CCNC(=O)N1C(=O)[C@H](OC(C)OCC)[C@@H]1c1ccccc1. The first-order valence-electron chi connectivity index (χ1n) is 7.53. The molecule has 0 bridgehead atoms. The van der Waals surface area contributed by atoms with Gasteiger partial charge in [0.1, 0.15) is 6.04 Å². The van der Waals surface area contributed by atoms with Gasteiger partial charge in [-0.05, 0) is 26.3 Å². The number of nitrogens with zero attached hydrogens (tertiary/aromatic N) is 1. The van der Waals surface area contributed by atoms with Crippen LogP contribution in [-0.4, -0.2) is 42.4 Å². The molecular formula is C16H22N2O4. The third-order valence-corrected chi connectivity index (χ3v) is 3.47. The minimum atomic E-state index is -0.702. The topological polar surface area (TPSA) is 67.9 Å². The number of imide groups is 1. The molecule has 1 unspecified atom stereocenters. The number of amides is 3. The van der Waals surface area contributed by atoms with Crippen LogP contribution in [0.1, 0.15) is 32.4 Å². The Labute approximate surface area is 130 Å². The lowest BCUT2D eigenvalue weighted by Gasteiger charge is -2.45. The summed E-state index contributed by atoms with van der Waals surface area (Å²) in [5.41, 5.74) is 0.863. The Bertz CT molecular complexity index is 520. The third kappa shape index (κ3) is 3.28. The second-order valence-corrected chi connectivity index (χ2v) is 4.98. The number of likely N-dealkylation sites (tertiary alicyclic amines) is 1. The predicted molar refractivity (Wildman–Crippen MR) is 81.1 cm³/mol. The summed E-state index contributed by atoms with van der Waals surface area (Å²) >= 11 is 0. The highest BCUT2D eigenvalue weighted by molar-refractivity contribution is 6.03. The maximum absolute atomic E-state index is 12.3. The molecule has 22 heavy (non-hydrogen) atoms. The van der Waals surface area contributed by atoms with Crippen LogP contribution in [-0.2, 0) is 14.3 Å². The monoisotopic (exact) mass is 306 g/mol. The molecule has 3 amide bonds. The Morgan fingerprint density at radius 1 is 1.32 bits per heavy atom. The van der Waals surface area contributed by atoms with Gasteiger partial charge < -0.3 is 14.8 Å². The maximum Gasteiger partial charge on any atom is 0.324 e. The molecule has 1 N–H and O–H groups in total. The molecule has 1 aromatic carbocycles. The van der Waals surface area contributed by atoms with Crippen molar-refractivity contribution >= 4 is 11.9 Å². The van der Waals surface area contributed by atoms with Crippen molar-refractivity contribution in [2.45, 2.75) is 39.2 Å². The summed E-state index contributed by atoms with van der Waals surface area (Å²) in [6.07, 6.45) is -1.20. The van der Waals surface area contributed by atoms with E-state index in [2.05, 4.69) is 5.32 Å². The summed E-state index contributed by atoms with van der Waals surface area (Å²) in [5.74, 6) is -0.341. The fourth-order valence-corrected chi connectivity index (χ4v) is 2.51. The highest BCUT2D eigenvalue weighted by Crippen LogP contribution is 2.37. The lowest BCUT2D eigenvalue weighted by Crippen LogP contribution is -2.64. The van der Waals surface area contributed by atoms with Crippen LogP contribution in [0.2, 0.25) is 0 Å². The normalized spacial score (nSPS) is 22.1. The Hall–Kier alpha value is -1.92. The van der Waals surface area contributed by atoms with E-state index in [-0.39, 0.29) is 5.91 Å². The maximum atomic E-state index is 12.3. The van der Waals surface area contributed by atoms with E-state index in [1.54, 1.807) is 6.92 Å². The summed E-state index contributed by atoms with van der Waals surface area (Å²) in [7, 11) is 0. The van der Waals surface area contributed by atoms with Crippen LogP contribution in [0.5, 0.6) is 0 Å². The Balaban J connectivity index is 2.19. The van der Waals surface area contributed by atoms with Gasteiger partial charge in [0.05, 0.1) is 0 Å². The number of urea groups is 1. The van der Waals surface area contributed by atoms with E-state index in [0.717, 1.165) is 5.56 Å². The third-order valence-electron chi connectivity index (χ3n) is 3.47. The summed E-state index contributed by atoms with van der Waals surface area (Å²) < 4.78 is 11.0. The van der Waals surface area contributed by atoms with Crippen LogP contribution in [0.4, 0.5) is 4.79 Å². The van der Waals surface area contributed by atoms with Crippen molar-refractivity contribution < 1.29 is 19.1 Å². The molecule has 3 atom stereocenters. The largest absolute Gasteiger partial charge is 0.353 e. The fourth-order valence-electron chi connectivity index (χ4n) is 2.51. The number of hydrogen-bond donors (Lipinski definition) is 1. The van der Waals surface area contributed by atoms with E-state index >= 15 is 0 Å². The molecule has 1 heterocycles. The number of carbonyl (C=O) groups is 2. The van der Waals surface area contributed by atoms with E-state index in [0.29, 0.717) is 13.2 Å². The van der Waals surface area contributed by atoms with Crippen LogP contribution in [0.3, 0.4) is 0 Å². The van der Waals surface area contributed by atoms with Gasteiger partial charge in [0, 0.05) is 13.2 Å².